The number of Topliss-reactive ketones (excluding diaryl/α,β-unsaturated/α-hetero) is 1. The second-order valence-electron chi connectivity index (χ2n) is 4.34. The maximum absolute atomic E-state index is 11.2. The smallest absolute Gasteiger partial charge is 0.171 e. The van der Waals surface area contributed by atoms with E-state index in [-0.39, 0.29) is 5.78 Å². The van der Waals surface area contributed by atoms with Crippen LogP contribution in [0.2, 0.25) is 0 Å². The van der Waals surface area contributed by atoms with Gasteiger partial charge in [0.2, 0.25) is 0 Å². The van der Waals surface area contributed by atoms with Crippen molar-refractivity contribution in [2.45, 2.75) is 44.3 Å². The standard InChI is InChI=1S/C11H13NO2S/c1-6(13)10-5-12-11(15-10)8-4-7-2-3-9(8)14-7/h5,7-9H,2-4H2,1H3. The summed E-state index contributed by atoms with van der Waals surface area (Å²) in [6, 6.07) is 0. The lowest BCUT2D eigenvalue weighted by molar-refractivity contribution is 0.100. The van der Waals surface area contributed by atoms with Crippen molar-refractivity contribution in [2.75, 3.05) is 0 Å². The van der Waals surface area contributed by atoms with Crippen LogP contribution in [0.3, 0.4) is 0 Å². The summed E-state index contributed by atoms with van der Waals surface area (Å²) in [6.07, 6.45) is 5.96. The summed E-state index contributed by atoms with van der Waals surface area (Å²) in [4.78, 5) is 16.3. The average Bonchev–Trinajstić information content (AvgIpc) is 2.93. The molecule has 0 saturated carbocycles. The zero-order valence-electron chi connectivity index (χ0n) is 8.60. The largest absolute Gasteiger partial charge is 0.374 e. The monoisotopic (exact) mass is 223 g/mol. The van der Waals surface area contributed by atoms with Gasteiger partial charge in [0.25, 0.3) is 0 Å². The predicted octanol–water partition coefficient (Wildman–Crippen LogP) is 2.38. The number of ether oxygens (including phenoxy) is 1. The Bertz CT molecular complexity index is 401. The summed E-state index contributed by atoms with van der Waals surface area (Å²) < 4.78 is 5.79. The van der Waals surface area contributed by atoms with E-state index in [9.17, 15) is 4.79 Å². The molecule has 4 heteroatoms. The molecule has 80 valence electrons. The van der Waals surface area contributed by atoms with Gasteiger partial charge in [-0.1, -0.05) is 0 Å². The molecule has 3 atom stereocenters. The Labute approximate surface area is 92.5 Å². The first-order valence-corrected chi connectivity index (χ1v) is 6.18. The number of aromatic nitrogens is 1. The van der Waals surface area contributed by atoms with E-state index >= 15 is 0 Å². The van der Waals surface area contributed by atoms with E-state index in [0.717, 1.165) is 22.7 Å². The number of carbonyl (C=O) groups is 1. The molecule has 3 nitrogen and oxygen atoms in total. The van der Waals surface area contributed by atoms with Crippen LogP contribution >= 0.6 is 11.3 Å². The first-order valence-electron chi connectivity index (χ1n) is 5.36. The van der Waals surface area contributed by atoms with Crippen LogP contribution in [-0.2, 0) is 4.74 Å². The topological polar surface area (TPSA) is 39.2 Å². The highest BCUT2D eigenvalue weighted by molar-refractivity contribution is 7.13. The van der Waals surface area contributed by atoms with Crippen molar-refractivity contribution in [3.63, 3.8) is 0 Å². The summed E-state index contributed by atoms with van der Waals surface area (Å²) in [5.41, 5.74) is 0. The third-order valence-corrected chi connectivity index (χ3v) is 4.52. The fraction of sp³-hybridized carbons (Fsp3) is 0.636. The first-order chi connectivity index (χ1) is 7.24. The quantitative estimate of drug-likeness (QED) is 0.723. The molecule has 3 unspecified atom stereocenters. The molecule has 0 aliphatic carbocycles. The minimum Gasteiger partial charge on any atom is -0.374 e. The molecule has 3 rings (SSSR count). The van der Waals surface area contributed by atoms with Crippen LogP contribution in [0.15, 0.2) is 6.20 Å². The fourth-order valence-corrected chi connectivity index (χ4v) is 3.50. The Morgan fingerprint density at radius 2 is 2.47 bits per heavy atom. The Balaban J connectivity index is 1.84. The number of hydrogen-bond acceptors (Lipinski definition) is 4. The lowest BCUT2D eigenvalue weighted by atomic mass is 9.90. The van der Waals surface area contributed by atoms with Gasteiger partial charge >= 0.3 is 0 Å². The molecule has 15 heavy (non-hydrogen) atoms. The number of ketones is 1. The van der Waals surface area contributed by atoms with E-state index in [1.807, 2.05) is 0 Å². The number of rotatable bonds is 2. The van der Waals surface area contributed by atoms with Gasteiger partial charge in [0.1, 0.15) is 0 Å². The van der Waals surface area contributed by atoms with E-state index in [1.165, 1.54) is 17.8 Å². The molecule has 2 aliphatic heterocycles. The van der Waals surface area contributed by atoms with Crippen LogP contribution in [0.1, 0.15) is 46.8 Å². The van der Waals surface area contributed by atoms with Crippen molar-refractivity contribution in [2.24, 2.45) is 0 Å². The van der Waals surface area contributed by atoms with Gasteiger partial charge in [0, 0.05) is 19.0 Å². The molecule has 2 bridgehead atoms. The van der Waals surface area contributed by atoms with Crippen LogP contribution in [0.5, 0.6) is 0 Å². The van der Waals surface area contributed by atoms with Gasteiger partial charge in [0.15, 0.2) is 5.78 Å². The fourth-order valence-electron chi connectivity index (χ4n) is 2.52. The number of thiazole rings is 1. The highest BCUT2D eigenvalue weighted by Gasteiger charge is 2.42. The summed E-state index contributed by atoms with van der Waals surface area (Å²) in [6.45, 7) is 1.59. The molecule has 0 aromatic carbocycles. The van der Waals surface area contributed by atoms with Gasteiger partial charge in [-0.2, -0.15) is 0 Å². The highest BCUT2D eigenvalue weighted by Crippen LogP contribution is 2.45. The van der Waals surface area contributed by atoms with Gasteiger partial charge < -0.3 is 4.74 Å². The Hall–Kier alpha value is -0.740. The Morgan fingerprint density at radius 3 is 3.00 bits per heavy atom. The maximum Gasteiger partial charge on any atom is 0.171 e. The molecule has 2 saturated heterocycles. The van der Waals surface area contributed by atoms with Gasteiger partial charge in [-0.25, -0.2) is 4.98 Å². The van der Waals surface area contributed by atoms with Gasteiger partial charge in [-0.3, -0.25) is 4.79 Å². The second-order valence-corrected chi connectivity index (χ2v) is 5.40. The van der Waals surface area contributed by atoms with E-state index in [0.29, 0.717) is 18.1 Å². The lowest BCUT2D eigenvalue weighted by Crippen LogP contribution is -2.13. The molecule has 3 heterocycles. The van der Waals surface area contributed by atoms with Gasteiger partial charge in [0.05, 0.1) is 22.1 Å². The zero-order valence-corrected chi connectivity index (χ0v) is 9.42. The molecule has 2 fully saturated rings. The van der Waals surface area contributed by atoms with E-state index < -0.39 is 0 Å². The van der Waals surface area contributed by atoms with Crippen molar-refractivity contribution in [1.29, 1.82) is 0 Å². The second kappa shape index (κ2) is 3.39. The number of nitrogens with zero attached hydrogens (tertiary/aromatic N) is 1. The van der Waals surface area contributed by atoms with Crippen molar-refractivity contribution in [1.82, 2.24) is 4.98 Å². The highest BCUT2D eigenvalue weighted by atomic mass is 32.1. The summed E-state index contributed by atoms with van der Waals surface area (Å²) in [5, 5.41) is 1.09. The Morgan fingerprint density at radius 1 is 1.60 bits per heavy atom. The van der Waals surface area contributed by atoms with E-state index in [2.05, 4.69) is 4.98 Å². The molecule has 0 radical (unpaired) electrons. The molecular formula is C11H13NO2S. The predicted molar refractivity (Wildman–Crippen MR) is 57.4 cm³/mol. The van der Waals surface area contributed by atoms with E-state index in [1.54, 1.807) is 13.1 Å². The molecule has 2 aliphatic rings. The molecule has 1 aromatic rings. The summed E-state index contributed by atoms with van der Waals surface area (Å²) >= 11 is 1.54. The van der Waals surface area contributed by atoms with Crippen LogP contribution in [0.4, 0.5) is 0 Å². The number of carbonyl (C=O) groups excluding carboxylic acids is 1. The Kier molecular flexibility index (Phi) is 2.14. The van der Waals surface area contributed by atoms with E-state index in [4.69, 9.17) is 4.74 Å². The molecule has 0 N–H and O–H groups in total. The minimum atomic E-state index is 0.114. The minimum absolute atomic E-state index is 0.114. The average molecular weight is 223 g/mol. The summed E-state index contributed by atoms with van der Waals surface area (Å²) in [5.74, 6) is 0.560. The van der Waals surface area contributed by atoms with Crippen molar-refractivity contribution in [3.05, 3.63) is 16.1 Å². The number of hydrogen-bond donors (Lipinski definition) is 0. The van der Waals surface area contributed by atoms with Crippen molar-refractivity contribution >= 4 is 17.1 Å². The third-order valence-electron chi connectivity index (χ3n) is 3.29. The number of fused-ring (bicyclic) bond motifs is 2. The summed E-state index contributed by atoms with van der Waals surface area (Å²) in [7, 11) is 0. The SMILES string of the molecule is CC(=O)c1cnc(C2CC3CCC2O3)s1. The van der Waals surface area contributed by atoms with Gasteiger partial charge in [-0.15, -0.1) is 11.3 Å². The molecular weight excluding hydrogens is 210 g/mol. The van der Waals surface area contributed by atoms with Crippen LogP contribution in [-0.4, -0.2) is 23.0 Å². The van der Waals surface area contributed by atoms with Crippen LogP contribution < -0.4 is 0 Å². The maximum atomic E-state index is 11.2. The van der Waals surface area contributed by atoms with Crippen LogP contribution in [0.25, 0.3) is 0 Å². The third kappa shape index (κ3) is 1.52. The van der Waals surface area contributed by atoms with Crippen molar-refractivity contribution in [3.8, 4) is 0 Å². The first kappa shape index (κ1) is 9.48. The molecule has 1 aromatic heterocycles. The molecule has 0 spiro atoms. The molecule has 0 amide bonds. The lowest BCUT2D eigenvalue weighted by Gasteiger charge is -2.15. The zero-order chi connectivity index (χ0) is 10.4. The van der Waals surface area contributed by atoms with Crippen molar-refractivity contribution < 1.29 is 9.53 Å². The normalized spacial score (nSPS) is 33.5. The van der Waals surface area contributed by atoms with Gasteiger partial charge in [-0.05, 0) is 19.3 Å². The van der Waals surface area contributed by atoms with Crippen LogP contribution in [0, 0.1) is 0 Å².